The first-order chi connectivity index (χ1) is 11.6. The maximum absolute atomic E-state index is 12.8. The molecule has 0 aliphatic heterocycles. The van der Waals surface area contributed by atoms with Crippen molar-refractivity contribution in [3.05, 3.63) is 70.9 Å². The number of amides is 1. The monoisotopic (exact) mass is 388 g/mol. The average Bonchev–Trinajstić information content (AvgIpc) is 3.05. The molecule has 0 fully saturated rings. The van der Waals surface area contributed by atoms with Crippen LogP contribution < -0.4 is 5.32 Å². The van der Waals surface area contributed by atoms with Crippen molar-refractivity contribution in [2.75, 3.05) is 5.32 Å². The Morgan fingerprint density at radius 3 is 2.54 bits per heavy atom. The molecule has 122 valence electrons. The number of halogens is 2. The summed E-state index contributed by atoms with van der Waals surface area (Å²) in [5.74, 6) is 0.650. The summed E-state index contributed by atoms with van der Waals surface area (Å²) in [5, 5.41) is 2.70. The van der Waals surface area contributed by atoms with E-state index in [2.05, 4.69) is 26.2 Å². The minimum absolute atomic E-state index is 0.176. The second-order valence-corrected chi connectivity index (χ2v) is 6.10. The molecule has 0 bridgehead atoms. The van der Waals surface area contributed by atoms with E-state index in [1.807, 2.05) is 24.3 Å². The van der Waals surface area contributed by atoms with Crippen LogP contribution in [0.2, 0.25) is 0 Å². The molecule has 3 rings (SSSR count). The van der Waals surface area contributed by atoms with E-state index in [9.17, 15) is 9.18 Å². The van der Waals surface area contributed by atoms with Crippen LogP contribution in [0, 0.1) is 5.82 Å². The number of rotatable bonds is 5. The summed E-state index contributed by atoms with van der Waals surface area (Å²) < 4.78 is 19.5. The summed E-state index contributed by atoms with van der Waals surface area (Å²) >= 11 is 3.38. The summed E-state index contributed by atoms with van der Waals surface area (Å²) in [6.07, 6.45) is 2.28. The second-order valence-electron chi connectivity index (χ2n) is 5.18. The fourth-order valence-electron chi connectivity index (χ4n) is 2.15. The molecule has 0 aliphatic carbocycles. The number of oxazole rings is 1. The van der Waals surface area contributed by atoms with Crippen molar-refractivity contribution in [2.45, 2.75) is 12.8 Å². The highest BCUT2D eigenvalue weighted by molar-refractivity contribution is 9.10. The topological polar surface area (TPSA) is 55.1 Å². The summed E-state index contributed by atoms with van der Waals surface area (Å²) in [5.41, 5.74) is 1.48. The van der Waals surface area contributed by atoms with E-state index in [0.29, 0.717) is 23.8 Å². The number of nitrogens with one attached hydrogen (secondary N) is 1. The number of hydrogen-bond acceptors (Lipinski definition) is 3. The largest absolute Gasteiger partial charge is 0.441 e. The van der Waals surface area contributed by atoms with Crippen LogP contribution in [0.4, 0.5) is 10.1 Å². The molecule has 0 radical (unpaired) electrons. The lowest BCUT2D eigenvalue weighted by Crippen LogP contribution is -2.12. The van der Waals surface area contributed by atoms with Gasteiger partial charge in [0, 0.05) is 28.6 Å². The third-order valence-electron chi connectivity index (χ3n) is 3.38. The zero-order chi connectivity index (χ0) is 16.9. The number of aromatic nitrogens is 1. The van der Waals surface area contributed by atoms with Gasteiger partial charge < -0.3 is 9.73 Å². The minimum Gasteiger partial charge on any atom is -0.441 e. The molecule has 0 unspecified atom stereocenters. The highest BCUT2D eigenvalue weighted by atomic mass is 79.9. The van der Waals surface area contributed by atoms with Gasteiger partial charge in [-0.05, 0) is 36.4 Å². The molecule has 2 aromatic carbocycles. The molecule has 0 saturated heterocycles. The van der Waals surface area contributed by atoms with E-state index in [1.54, 1.807) is 6.20 Å². The lowest BCUT2D eigenvalue weighted by Gasteiger charge is -2.03. The molecule has 4 nitrogen and oxygen atoms in total. The average molecular weight is 389 g/mol. The Kier molecular flexibility index (Phi) is 5.05. The van der Waals surface area contributed by atoms with E-state index in [-0.39, 0.29) is 18.1 Å². The van der Waals surface area contributed by atoms with Gasteiger partial charge in [0.1, 0.15) is 5.82 Å². The van der Waals surface area contributed by atoms with Gasteiger partial charge in [0.2, 0.25) is 5.91 Å². The standard InChI is InChI=1S/C18H14BrFN2O2/c19-13-3-1-12(2-4-13)16-11-21-18(24-16)10-9-17(23)22-15-7-5-14(20)6-8-15/h1-8,11H,9-10H2,(H,22,23). The maximum Gasteiger partial charge on any atom is 0.224 e. The molecule has 1 N–H and O–H groups in total. The minimum atomic E-state index is -0.340. The number of carbonyl (C=O) groups is 1. The molecule has 1 amide bonds. The first kappa shape index (κ1) is 16.4. The molecule has 0 atom stereocenters. The van der Waals surface area contributed by atoms with Crippen molar-refractivity contribution in [2.24, 2.45) is 0 Å². The Labute approximate surface area is 146 Å². The van der Waals surface area contributed by atoms with Crippen molar-refractivity contribution in [3.63, 3.8) is 0 Å². The molecular weight excluding hydrogens is 375 g/mol. The van der Waals surface area contributed by atoms with Crippen LogP contribution in [0.1, 0.15) is 12.3 Å². The molecular formula is C18H14BrFN2O2. The van der Waals surface area contributed by atoms with Gasteiger partial charge in [-0.25, -0.2) is 9.37 Å². The SMILES string of the molecule is O=C(CCc1ncc(-c2ccc(Br)cc2)o1)Nc1ccc(F)cc1. The molecule has 24 heavy (non-hydrogen) atoms. The summed E-state index contributed by atoms with van der Waals surface area (Å²) in [6, 6.07) is 13.3. The molecule has 3 aromatic rings. The Morgan fingerprint density at radius 1 is 1.12 bits per heavy atom. The smallest absolute Gasteiger partial charge is 0.224 e. The van der Waals surface area contributed by atoms with Crippen LogP contribution in [0.15, 0.2) is 63.6 Å². The Hall–Kier alpha value is -2.47. The molecule has 1 aromatic heterocycles. The van der Waals surface area contributed by atoms with Gasteiger partial charge in [-0.1, -0.05) is 28.1 Å². The van der Waals surface area contributed by atoms with E-state index in [4.69, 9.17) is 4.42 Å². The van der Waals surface area contributed by atoms with Crippen LogP contribution in [-0.2, 0) is 11.2 Å². The van der Waals surface area contributed by atoms with Crippen LogP contribution in [-0.4, -0.2) is 10.9 Å². The highest BCUT2D eigenvalue weighted by Crippen LogP contribution is 2.23. The van der Waals surface area contributed by atoms with Crippen molar-refractivity contribution < 1.29 is 13.6 Å². The van der Waals surface area contributed by atoms with Gasteiger partial charge in [-0.2, -0.15) is 0 Å². The Morgan fingerprint density at radius 2 is 1.83 bits per heavy atom. The third kappa shape index (κ3) is 4.29. The zero-order valence-corrected chi connectivity index (χ0v) is 14.2. The number of benzene rings is 2. The van der Waals surface area contributed by atoms with Crippen molar-refractivity contribution in [1.82, 2.24) is 4.98 Å². The number of aryl methyl sites for hydroxylation is 1. The number of anilines is 1. The summed E-state index contributed by atoms with van der Waals surface area (Å²) in [6.45, 7) is 0. The van der Waals surface area contributed by atoms with Gasteiger partial charge >= 0.3 is 0 Å². The summed E-state index contributed by atoms with van der Waals surface area (Å²) in [4.78, 5) is 16.1. The number of carbonyl (C=O) groups excluding carboxylic acids is 1. The van der Waals surface area contributed by atoms with Crippen molar-refractivity contribution >= 4 is 27.5 Å². The van der Waals surface area contributed by atoms with Crippen LogP contribution in [0.25, 0.3) is 11.3 Å². The quantitative estimate of drug-likeness (QED) is 0.681. The lowest BCUT2D eigenvalue weighted by atomic mass is 10.2. The lowest BCUT2D eigenvalue weighted by molar-refractivity contribution is -0.116. The van der Waals surface area contributed by atoms with Gasteiger partial charge in [0.25, 0.3) is 0 Å². The zero-order valence-electron chi connectivity index (χ0n) is 12.6. The predicted molar refractivity (Wildman–Crippen MR) is 93.0 cm³/mol. The van der Waals surface area contributed by atoms with Crippen molar-refractivity contribution in [3.8, 4) is 11.3 Å². The molecule has 0 spiro atoms. The normalized spacial score (nSPS) is 10.6. The molecule has 0 aliphatic rings. The third-order valence-corrected chi connectivity index (χ3v) is 3.90. The van der Waals surface area contributed by atoms with Crippen LogP contribution >= 0.6 is 15.9 Å². The van der Waals surface area contributed by atoms with Gasteiger partial charge in [-0.15, -0.1) is 0 Å². The number of nitrogens with zero attached hydrogens (tertiary/aromatic N) is 1. The molecule has 1 heterocycles. The first-order valence-electron chi connectivity index (χ1n) is 7.36. The van der Waals surface area contributed by atoms with E-state index >= 15 is 0 Å². The van der Waals surface area contributed by atoms with Crippen molar-refractivity contribution in [1.29, 1.82) is 0 Å². The molecule has 0 saturated carbocycles. The fourth-order valence-corrected chi connectivity index (χ4v) is 2.41. The van der Waals surface area contributed by atoms with Gasteiger partial charge in [0.05, 0.1) is 6.20 Å². The Bertz CT molecular complexity index is 829. The highest BCUT2D eigenvalue weighted by Gasteiger charge is 2.09. The van der Waals surface area contributed by atoms with E-state index in [1.165, 1.54) is 24.3 Å². The van der Waals surface area contributed by atoms with Gasteiger partial charge in [0.15, 0.2) is 11.7 Å². The van der Waals surface area contributed by atoms with E-state index in [0.717, 1.165) is 10.0 Å². The van der Waals surface area contributed by atoms with Crippen LogP contribution in [0.3, 0.4) is 0 Å². The van der Waals surface area contributed by atoms with E-state index < -0.39 is 0 Å². The number of hydrogen-bond donors (Lipinski definition) is 1. The molecule has 6 heteroatoms. The summed E-state index contributed by atoms with van der Waals surface area (Å²) in [7, 11) is 0. The Balaban J connectivity index is 1.56. The predicted octanol–water partition coefficient (Wildman–Crippen LogP) is 4.81. The maximum atomic E-state index is 12.8. The fraction of sp³-hybridized carbons (Fsp3) is 0.111. The first-order valence-corrected chi connectivity index (χ1v) is 8.15. The van der Waals surface area contributed by atoms with Crippen LogP contribution in [0.5, 0.6) is 0 Å². The van der Waals surface area contributed by atoms with Gasteiger partial charge in [-0.3, -0.25) is 4.79 Å². The second kappa shape index (κ2) is 7.40.